The highest BCUT2D eigenvalue weighted by Crippen LogP contribution is 2.21. The maximum absolute atomic E-state index is 14.2. The van der Waals surface area contributed by atoms with E-state index in [1.807, 2.05) is 100 Å². The van der Waals surface area contributed by atoms with Crippen LogP contribution in [0.15, 0.2) is 97.2 Å². The van der Waals surface area contributed by atoms with Gasteiger partial charge in [0.25, 0.3) is 0 Å². The lowest BCUT2D eigenvalue weighted by molar-refractivity contribution is -0.131. The molecule has 4 unspecified atom stereocenters. The van der Waals surface area contributed by atoms with Gasteiger partial charge >= 0.3 is 6.09 Å². The largest absolute Gasteiger partial charge is 0.445 e. The molecule has 53 heavy (non-hydrogen) atoms. The van der Waals surface area contributed by atoms with Gasteiger partial charge in [0.1, 0.15) is 18.7 Å². The number of aliphatic hydroxyl groups excluding tert-OH is 1. The Morgan fingerprint density at radius 3 is 2.15 bits per heavy atom. The number of fused-ring (bicyclic) bond motifs is 1. The number of nitrogens with one attached hydrogen (secondary N) is 4. The molecule has 282 valence electrons. The first-order valence-electron chi connectivity index (χ1n) is 18.5. The number of hydrogen-bond acceptors (Lipinski definition) is 7. The fourth-order valence-electron chi connectivity index (χ4n) is 5.97. The van der Waals surface area contributed by atoms with Crippen molar-refractivity contribution in [3.63, 3.8) is 0 Å². The topological polar surface area (TPSA) is 159 Å². The van der Waals surface area contributed by atoms with Crippen molar-refractivity contribution in [2.24, 2.45) is 11.8 Å². The number of benzene rings is 3. The molecule has 3 aromatic carbocycles. The summed E-state index contributed by atoms with van der Waals surface area (Å²) in [5, 5.41) is 24.6. The maximum Gasteiger partial charge on any atom is 0.408 e. The lowest BCUT2D eigenvalue weighted by atomic mass is 9.91. The van der Waals surface area contributed by atoms with Crippen molar-refractivity contribution in [2.45, 2.75) is 90.6 Å². The molecular weight excluding hydrogens is 670 g/mol. The summed E-state index contributed by atoms with van der Waals surface area (Å²) in [6, 6.07) is 25.0. The standard InChI is InChI=1S/C42H53N5O6/c1-5-28(3)26-44-38(49)25-37(48)39(29(4)6-2)47-41(51)36(24-33-20-12-13-22-43-33)45-40(50)35(46-42(52)53-27-30-15-8-7-9-16-30)23-32-19-14-18-31-17-10-11-21-34(31)32/h7-22,28-29,35-37,39,48H,5-6,23-27H2,1-4H3,(H,44,49)(H,45,50)(H,46,52)(H,47,51)/t28?,29?,35-,36-,37?,39?/m0/s1. The lowest BCUT2D eigenvalue weighted by Crippen LogP contribution is -2.58. The fraction of sp³-hybridized carbons (Fsp3) is 0.405. The van der Waals surface area contributed by atoms with Crippen LogP contribution in [0.3, 0.4) is 0 Å². The molecule has 11 nitrogen and oxygen atoms in total. The van der Waals surface area contributed by atoms with Gasteiger partial charge in [0.15, 0.2) is 0 Å². The Bertz CT molecular complexity index is 1770. The van der Waals surface area contributed by atoms with Crippen LogP contribution in [0.2, 0.25) is 0 Å². The molecule has 0 aliphatic carbocycles. The minimum absolute atomic E-state index is 0.00890. The van der Waals surface area contributed by atoms with Crippen LogP contribution < -0.4 is 21.3 Å². The number of carbonyl (C=O) groups excluding carboxylic acids is 4. The van der Waals surface area contributed by atoms with Gasteiger partial charge in [-0.25, -0.2) is 4.79 Å². The molecule has 1 heterocycles. The summed E-state index contributed by atoms with van der Waals surface area (Å²) in [6.07, 6.45) is 1.14. The number of rotatable bonds is 19. The van der Waals surface area contributed by atoms with Gasteiger partial charge in [-0.05, 0) is 45.9 Å². The number of nitrogens with zero attached hydrogens (tertiary/aromatic N) is 1. The summed E-state index contributed by atoms with van der Waals surface area (Å²) in [7, 11) is 0. The molecule has 4 aromatic rings. The van der Waals surface area contributed by atoms with Crippen LogP contribution in [-0.4, -0.2) is 64.7 Å². The lowest BCUT2D eigenvalue weighted by Gasteiger charge is -2.31. The van der Waals surface area contributed by atoms with Gasteiger partial charge in [-0.3, -0.25) is 19.4 Å². The summed E-state index contributed by atoms with van der Waals surface area (Å²) < 4.78 is 5.49. The second-order valence-electron chi connectivity index (χ2n) is 13.7. The number of ether oxygens (including phenoxy) is 1. The smallest absolute Gasteiger partial charge is 0.408 e. The molecule has 1 aromatic heterocycles. The molecule has 0 saturated heterocycles. The van der Waals surface area contributed by atoms with Gasteiger partial charge in [-0.2, -0.15) is 0 Å². The molecule has 4 amide bonds. The number of hydrogen-bond donors (Lipinski definition) is 5. The minimum Gasteiger partial charge on any atom is -0.445 e. The average Bonchev–Trinajstić information content (AvgIpc) is 3.18. The third-order valence-electron chi connectivity index (χ3n) is 9.62. The van der Waals surface area contributed by atoms with Crippen LogP contribution in [0.5, 0.6) is 0 Å². The number of alkyl carbamates (subject to hydrolysis) is 1. The van der Waals surface area contributed by atoms with Crippen molar-refractivity contribution in [3.8, 4) is 0 Å². The molecule has 0 radical (unpaired) electrons. The van der Waals surface area contributed by atoms with Crippen LogP contribution in [0.4, 0.5) is 4.79 Å². The van der Waals surface area contributed by atoms with Crippen LogP contribution in [0, 0.1) is 11.8 Å². The molecule has 0 aliphatic rings. The molecule has 11 heteroatoms. The van der Waals surface area contributed by atoms with Gasteiger partial charge in [0, 0.05) is 31.3 Å². The Labute approximate surface area is 312 Å². The van der Waals surface area contributed by atoms with Gasteiger partial charge in [0.05, 0.1) is 18.6 Å². The van der Waals surface area contributed by atoms with E-state index in [2.05, 4.69) is 26.3 Å². The molecule has 0 bridgehead atoms. The van der Waals surface area contributed by atoms with E-state index < -0.39 is 42.1 Å². The zero-order valence-electron chi connectivity index (χ0n) is 31.1. The normalized spacial score (nSPS) is 14.5. The first-order chi connectivity index (χ1) is 25.6. The Morgan fingerprint density at radius 2 is 1.43 bits per heavy atom. The predicted molar refractivity (Wildman–Crippen MR) is 206 cm³/mol. The molecule has 0 aliphatic heterocycles. The molecule has 5 N–H and O–H groups in total. The number of aromatic nitrogens is 1. The number of aliphatic hydroxyl groups is 1. The summed E-state index contributed by atoms with van der Waals surface area (Å²) in [5.74, 6) is -1.36. The highest BCUT2D eigenvalue weighted by molar-refractivity contribution is 5.93. The van der Waals surface area contributed by atoms with E-state index in [4.69, 9.17) is 4.74 Å². The van der Waals surface area contributed by atoms with Crippen LogP contribution in [-0.2, 0) is 38.6 Å². The van der Waals surface area contributed by atoms with E-state index in [-0.39, 0.29) is 37.7 Å². The quantitative estimate of drug-likeness (QED) is 0.0885. The number of pyridine rings is 1. The first-order valence-corrected chi connectivity index (χ1v) is 18.5. The van der Waals surface area contributed by atoms with Crippen molar-refractivity contribution >= 4 is 34.6 Å². The second kappa shape index (κ2) is 20.7. The van der Waals surface area contributed by atoms with Gasteiger partial charge in [-0.15, -0.1) is 0 Å². The third kappa shape index (κ3) is 12.7. The van der Waals surface area contributed by atoms with Crippen molar-refractivity contribution < 1.29 is 29.0 Å². The summed E-state index contributed by atoms with van der Waals surface area (Å²) >= 11 is 0. The Balaban J connectivity index is 1.57. The molecular formula is C42H53N5O6. The van der Waals surface area contributed by atoms with E-state index in [1.54, 1.807) is 24.4 Å². The molecule has 0 spiro atoms. The van der Waals surface area contributed by atoms with E-state index in [9.17, 15) is 24.3 Å². The Kier molecular flexibility index (Phi) is 15.8. The maximum atomic E-state index is 14.2. The summed E-state index contributed by atoms with van der Waals surface area (Å²) in [5.41, 5.74) is 2.17. The zero-order chi connectivity index (χ0) is 38.2. The number of amides is 4. The zero-order valence-corrected chi connectivity index (χ0v) is 31.1. The van der Waals surface area contributed by atoms with Crippen LogP contribution in [0.25, 0.3) is 10.8 Å². The van der Waals surface area contributed by atoms with Gasteiger partial charge in [0.2, 0.25) is 17.7 Å². The molecule has 0 fully saturated rings. The van der Waals surface area contributed by atoms with Crippen molar-refractivity contribution in [2.75, 3.05) is 6.54 Å². The van der Waals surface area contributed by atoms with Crippen molar-refractivity contribution in [3.05, 3.63) is 114 Å². The minimum atomic E-state index is -1.17. The van der Waals surface area contributed by atoms with Crippen LogP contribution in [0.1, 0.15) is 63.8 Å². The highest BCUT2D eigenvalue weighted by Gasteiger charge is 2.33. The van der Waals surface area contributed by atoms with Crippen molar-refractivity contribution in [1.29, 1.82) is 0 Å². The SMILES string of the molecule is CCC(C)CNC(=O)CC(O)C(NC(=O)[C@H](Cc1ccccn1)NC(=O)[C@H](Cc1cccc2ccccc12)NC(=O)OCc1ccccc1)C(C)CC. The van der Waals surface area contributed by atoms with E-state index in [0.29, 0.717) is 24.6 Å². The van der Waals surface area contributed by atoms with Crippen molar-refractivity contribution in [1.82, 2.24) is 26.3 Å². The first kappa shape index (κ1) is 40.5. The van der Waals surface area contributed by atoms with Gasteiger partial charge < -0.3 is 31.1 Å². The fourth-order valence-corrected chi connectivity index (χ4v) is 5.97. The van der Waals surface area contributed by atoms with E-state index in [0.717, 1.165) is 28.3 Å². The Hall–Kier alpha value is -5.29. The molecule has 6 atom stereocenters. The highest BCUT2D eigenvalue weighted by atomic mass is 16.5. The van der Waals surface area contributed by atoms with Gasteiger partial charge in [-0.1, -0.05) is 119 Å². The van der Waals surface area contributed by atoms with E-state index >= 15 is 0 Å². The summed E-state index contributed by atoms with van der Waals surface area (Å²) in [6.45, 7) is 8.41. The monoisotopic (exact) mass is 723 g/mol. The summed E-state index contributed by atoms with van der Waals surface area (Å²) in [4.78, 5) is 58.6. The molecule has 4 rings (SSSR count). The van der Waals surface area contributed by atoms with Crippen LogP contribution >= 0.6 is 0 Å². The number of carbonyl (C=O) groups is 4. The second-order valence-corrected chi connectivity index (χ2v) is 13.7. The predicted octanol–water partition coefficient (Wildman–Crippen LogP) is 5.24. The van der Waals surface area contributed by atoms with E-state index in [1.165, 1.54) is 0 Å². The third-order valence-corrected chi connectivity index (χ3v) is 9.62. The molecule has 0 saturated carbocycles. The Morgan fingerprint density at radius 1 is 0.755 bits per heavy atom. The average molecular weight is 724 g/mol.